The summed E-state index contributed by atoms with van der Waals surface area (Å²) in [4.78, 5) is 16.0. The van der Waals surface area contributed by atoms with E-state index in [9.17, 15) is 4.79 Å². The van der Waals surface area contributed by atoms with Crippen LogP contribution in [0.5, 0.6) is 0 Å². The van der Waals surface area contributed by atoms with Gasteiger partial charge in [-0.15, -0.1) is 0 Å². The number of piperazine rings is 1. The van der Waals surface area contributed by atoms with Crippen molar-refractivity contribution in [2.75, 3.05) is 33.2 Å². The average Bonchev–Trinajstić information content (AvgIpc) is 2.79. The second-order valence-corrected chi connectivity index (χ2v) is 7.07. The Morgan fingerprint density at radius 2 is 1.89 bits per heavy atom. The van der Waals surface area contributed by atoms with E-state index in [1.165, 1.54) is 4.90 Å². The highest BCUT2D eigenvalue weighted by Gasteiger charge is 2.61. The summed E-state index contributed by atoms with van der Waals surface area (Å²) in [5.41, 5.74) is -0.0116. The molecule has 0 aromatic heterocycles. The molecule has 1 aliphatic carbocycles. The van der Waals surface area contributed by atoms with E-state index in [-0.39, 0.29) is 27.6 Å². The Labute approximate surface area is 119 Å². The minimum Gasteiger partial charge on any atom is -0.334 e. The van der Waals surface area contributed by atoms with Gasteiger partial charge in [-0.05, 0) is 17.4 Å². The number of quaternary nitrogens is 1. The Kier molecular flexibility index (Phi) is 3.96. The summed E-state index contributed by atoms with van der Waals surface area (Å²) in [5.74, 6) is 0.494. The normalized spacial score (nSPS) is 31.1. The third-order valence-electron chi connectivity index (χ3n) is 4.41. The van der Waals surface area contributed by atoms with E-state index >= 15 is 0 Å². The molecule has 1 saturated carbocycles. The molecule has 2 aliphatic rings. The molecule has 0 aromatic carbocycles. The van der Waals surface area contributed by atoms with Crippen LogP contribution < -0.4 is 4.90 Å². The van der Waals surface area contributed by atoms with Crippen LogP contribution >= 0.6 is 23.2 Å². The summed E-state index contributed by atoms with van der Waals surface area (Å²) in [6, 6.07) is 0. The summed E-state index contributed by atoms with van der Waals surface area (Å²) in [6.07, 6.45) is 1.81. The second kappa shape index (κ2) is 5.03. The van der Waals surface area contributed by atoms with Crippen LogP contribution in [-0.2, 0) is 4.79 Å². The van der Waals surface area contributed by atoms with Crippen molar-refractivity contribution >= 4 is 29.1 Å². The van der Waals surface area contributed by atoms with Crippen molar-refractivity contribution in [3.05, 3.63) is 10.6 Å². The smallest absolute Gasteiger partial charge is 0.227 e. The molecule has 0 radical (unpaired) electrons. The topological polar surface area (TPSA) is 24.8 Å². The first-order valence-electron chi connectivity index (χ1n) is 6.47. The number of hydrogen-bond donors (Lipinski definition) is 1. The molecular formula is C13H21Cl2N2O+. The Balaban J connectivity index is 2.00. The molecule has 3 nitrogen and oxygen atoms in total. The molecule has 18 heavy (non-hydrogen) atoms. The lowest BCUT2D eigenvalue weighted by atomic mass is 10.1. The number of halogens is 2. The van der Waals surface area contributed by atoms with Crippen molar-refractivity contribution in [2.24, 2.45) is 17.3 Å². The first kappa shape index (κ1) is 14.2. The monoisotopic (exact) mass is 291 g/mol. The molecule has 102 valence electrons. The van der Waals surface area contributed by atoms with Gasteiger partial charge in [-0.1, -0.05) is 37.0 Å². The number of amides is 1. The molecule has 2 fully saturated rings. The van der Waals surface area contributed by atoms with Crippen LogP contribution in [0.3, 0.4) is 0 Å². The highest BCUT2D eigenvalue weighted by atomic mass is 35.5. The van der Waals surface area contributed by atoms with E-state index in [4.69, 9.17) is 23.2 Å². The molecule has 2 rings (SSSR count). The number of allylic oxidation sites excluding steroid dienone is 1. The SMILES string of the molecule is C[NH+]1CCN(C(=O)[C@@H]2[C@H](C=C(Cl)Cl)C2(C)C)CC1. The molecule has 1 saturated heterocycles. The van der Waals surface area contributed by atoms with Crippen LogP contribution in [0.2, 0.25) is 0 Å². The standard InChI is InChI=1S/C13H20Cl2N2O/c1-13(2)9(8-10(14)15)11(13)12(18)17-6-4-16(3)5-7-17/h8-9,11H,4-7H2,1-3H3/p+1/t9-,11-/m0/s1. The van der Waals surface area contributed by atoms with Gasteiger partial charge in [0.25, 0.3) is 0 Å². The molecule has 1 N–H and O–H groups in total. The summed E-state index contributed by atoms with van der Waals surface area (Å²) >= 11 is 11.4. The van der Waals surface area contributed by atoms with Crippen LogP contribution in [0.25, 0.3) is 0 Å². The third-order valence-corrected chi connectivity index (χ3v) is 4.66. The first-order chi connectivity index (χ1) is 8.34. The lowest BCUT2D eigenvalue weighted by Gasteiger charge is -2.30. The molecule has 5 heteroatoms. The Morgan fingerprint density at radius 3 is 2.39 bits per heavy atom. The fourth-order valence-electron chi connectivity index (χ4n) is 2.90. The number of likely N-dealkylation sites (N-methyl/N-ethyl adjacent to an activating group) is 1. The van der Waals surface area contributed by atoms with Crippen molar-refractivity contribution in [3.8, 4) is 0 Å². The lowest BCUT2D eigenvalue weighted by molar-refractivity contribution is -0.883. The van der Waals surface area contributed by atoms with E-state index in [0.29, 0.717) is 0 Å². The van der Waals surface area contributed by atoms with Crippen LogP contribution in [0.1, 0.15) is 13.8 Å². The highest BCUT2D eigenvalue weighted by molar-refractivity contribution is 6.55. The summed E-state index contributed by atoms with van der Waals surface area (Å²) in [6.45, 7) is 8.01. The van der Waals surface area contributed by atoms with Crippen molar-refractivity contribution < 1.29 is 9.69 Å². The zero-order chi connectivity index (χ0) is 13.5. The van der Waals surface area contributed by atoms with Crippen molar-refractivity contribution in [2.45, 2.75) is 13.8 Å². The first-order valence-corrected chi connectivity index (χ1v) is 7.22. The minimum absolute atomic E-state index is 0.0116. The number of rotatable bonds is 2. The molecular weight excluding hydrogens is 271 g/mol. The van der Waals surface area contributed by atoms with E-state index < -0.39 is 0 Å². The molecule has 2 atom stereocenters. The summed E-state index contributed by atoms with van der Waals surface area (Å²) in [7, 11) is 2.17. The van der Waals surface area contributed by atoms with E-state index in [1.54, 1.807) is 0 Å². The average molecular weight is 292 g/mol. The van der Waals surface area contributed by atoms with Gasteiger partial charge < -0.3 is 9.80 Å². The Bertz CT molecular complexity index is 369. The van der Waals surface area contributed by atoms with Gasteiger partial charge in [-0.2, -0.15) is 0 Å². The zero-order valence-corrected chi connectivity index (χ0v) is 12.7. The van der Waals surface area contributed by atoms with Gasteiger partial charge in [-0.25, -0.2) is 0 Å². The van der Waals surface area contributed by atoms with Gasteiger partial charge in [0.1, 0.15) is 4.49 Å². The molecule has 0 bridgehead atoms. The minimum atomic E-state index is -0.0116. The van der Waals surface area contributed by atoms with Gasteiger partial charge in [0.2, 0.25) is 5.91 Å². The maximum Gasteiger partial charge on any atom is 0.227 e. The lowest BCUT2D eigenvalue weighted by Crippen LogP contribution is -3.12. The van der Waals surface area contributed by atoms with Crippen LogP contribution in [0, 0.1) is 17.3 Å². The summed E-state index contributed by atoms with van der Waals surface area (Å²) in [5, 5.41) is 0. The Hall–Kier alpha value is -0.250. The number of nitrogens with one attached hydrogen (secondary N) is 1. The van der Waals surface area contributed by atoms with E-state index in [1.807, 2.05) is 11.0 Å². The maximum atomic E-state index is 12.5. The van der Waals surface area contributed by atoms with Crippen molar-refractivity contribution in [1.29, 1.82) is 0 Å². The number of carbonyl (C=O) groups is 1. The largest absolute Gasteiger partial charge is 0.334 e. The van der Waals surface area contributed by atoms with E-state index in [0.717, 1.165) is 26.2 Å². The highest BCUT2D eigenvalue weighted by Crippen LogP contribution is 2.60. The number of nitrogens with zero attached hydrogens (tertiary/aromatic N) is 1. The second-order valence-electron chi connectivity index (χ2n) is 6.06. The Morgan fingerprint density at radius 1 is 1.33 bits per heavy atom. The van der Waals surface area contributed by atoms with Gasteiger partial charge >= 0.3 is 0 Å². The van der Waals surface area contributed by atoms with Gasteiger partial charge in [0.15, 0.2) is 0 Å². The fraction of sp³-hybridized carbons (Fsp3) is 0.769. The van der Waals surface area contributed by atoms with Gasteiger partial charge in [0.05, 0.1) is 39.1 Å². The zero-order valence-electron chi connectivity index (χ0n) is 11.2. The van der Waals surface area contributed by atoms with E-state index in [2.05, 4.69) is 20.9 Å². The molecule has 1 aliphatic heterocycles. The number of hydrogen-bond acceptors (Lipinski definition) is 1. The maximum absolute atomic E-state index is 12.5. The van der Waals surface area contributed by atoms with Gasteiger partial charge in [0, 0.05) is 0 Å². The van der Waals surface area contributed by atoms with Crippen LogP contribution in [0.4, 0.5) is 0 Å². The number of carbonyl (C=O) groups excluding carboxylic acids is 1. The summed E-state index contributed by atoms with van der Waals surface area (Å²) < 4.78 is 0.270. The molecule has 1 heterocycles. The third kappa shape index (κ3) is 2.68. The van der Waals surface area contributed by atoms with Crippen molar-refractivity contribution in [1.82, 2.24) is 4.90 Å². The molecule has 0 spiro atoms. The molecule has 0 aromatic rings. The molecule has 0 unspecified atom stereocenters. The quantitative estimate of drug-likeness (QED) is 0.805. The van der Waals surface area contributed by atoms with Crippen LogP contribution in [0.15, 0.2) is 10.6 Å². The predicted octanol–water partition coefficient (Wildman–Crippen LogP) is 0.935. The predicted molar refractivity (Wildman–Crippen MR) is 73.8 cm³/mol. The molecule has 1 amide bonds. The fourth-order valence-corrected chi connectivity index (χ4v) is 3.17. The van der Waals surface area contributed by atoms with Gasteiger partial charge in [-0.3, -0.25) is 4.79 Å². The van der Waals surface area contributed by atoms with Crippen LogP contribution in [-0.4, -0.2) is 44.0 Å². The van der Waals surface area contributed by atoms with Crippen molar-refractivity contribution in [3.63, 3.8) is 0 Å².